The lowest BCUT2D eigenvalue weighted by atomic mass is 10.1. The van der Waals surface area contributed by atoms with Gasteiger partial charge in [-0.3, -0.25) is 4.79 Å². The first kappa shape index (κ1) is 13.5. The molecule has 0 unspecified atom stereocenters. The van der Waals surface area contributed by atoms with Gasteiger partial charge in [0.1, 0.15) is 5.75 Å². The van der Waals surface area contributed by atoms with E-state index in [0.29, 0.717) is 19.6 Å². The third-order valence-corrected chi connectivity index (χ3v) is 3.60. The fourth-order valence-corrected chi connectivity index (χ4v) is 2.71. The van der Waals surface area contributed by atoms with Gasteiger partial charge in [-0.25, -0.2) is 0 Å². The van der Waals surface area contributed by atoms with Crippen molar-refractivity contribution in [2.75, 3.05) is 6.61 Å². The molecule has 3 rings (SSSR count). The van der Waals surface area contributed by atoms with Crippen LogP contribution in [-0.4, -0.2) is 22.2 Å². The third kappa shape index (κ3) is 2.44. The van der Waals surface area contributed by atoms with Crippen LogP contribution in [0.2, 0.25) is 0 Å². The molecule has 0 bridgehead atoms. The monoisotopic (exact) mass is 283 g/mol. The smallest absolute Gasteiger partial charge is 0.307 e. The molecule has 4 heteroatoms. The Hall–Kier alpha value is -2.49. The Morgan fingerprint density at radius 1 is 1.14 bits per heavy atom. The highest BCUT2D eigenvalue weighted by atomic mass is 16.5. The number of carbonyl (C=O) groups excluding carboxylic acids is 1. The number of phenolic OH excluding ortho intramolecular Hbond substituents is 1. The van der Waals surface area contributed by atoms with Crippen molar-refractivity contribution in [3.05, 3.63) is 42.5 Å². The summed E-state index contributed by atoms with van der Waals surface area (Å²) in [6.07, 6.45) is 0.317. The third-order valence-electron chi connectivity index (χ3n) is 3.60. The molecular formula is C17H17NO3. The van der Waals surface area contributed by atoms with Crippen molar-refractivity contribution in [2.45, 2.75) is 19.9 Å². The van der Waals surface area contributed by atoms with Crippen LogP contribution in [0.1, 0.15) is 13.3 Å². The molecule has 1 heterocycles. The maximum atomic E-state index is 11.6. The summed E-state index contributed by atoms with van der Waals surface area (Å²) in [5, 5.41) is 11.9. The fourth-order valence-electron chi connectivity index (χ4n) is 2.71. The first-order valence-corrected chi connectivity index (χ1v) is 7.06. The number of carbonyl (C=O) groups is 1. The van der Waals surface area contributed by atoms with Crippen molar-refractivity contribution in [1.29, 1.82) is 0 Å². The maximum absolute atomic E-state index is 11.6. The highest BCUT2D eigenvalue weighted by Gasteiger charge is 2.12. The van der Waals surface area contributed by atoms with E-state index in [0.717, 1.165) is 21.8 Å². The molecule has 0 radical (unpaired) electrons. The van der Waals surface area contributed by atoms with E-state index in [-0.39, 0.29) is 11.7 Å². The fraction of sp³-hybridized carbons (Fsp3) is 0.235. The Morgan fingerprint density at radius 2 is 1.90 bits per heavy atom. The average molecular weight is 283 g/mol. The molecule has 0 aliphatic heterocycles. The first-order valence-electron chi connectivity index (χ1n) is 7.06. The average Bonchev–Trinajstić information content (AvgIpc) is 2.78. The number of aromatic nitrogens is 1. The molecule has 0 saturated heterocycles. The molecule has 0 aliphatic rings. The van der Waals surface area contributed by atoms with Gasteiger partial charge >= 0.3 is 5.97 Å². The number of benzene rings is 2. The van der Waals surface area contributed by atoms with Crippen molar-refractivity contribution >= 4 is 27.8 Å². The van der Waals surface area contributed by atoms with Crippen molar-refractivity contribution in [1.82, 2.24) is 4.57 Å². The largest absolute Gasteiger partial charge is 0.508 e. The van der Waals surface area contributed by atoms with Crippen LogP contribution in [0.15, 0.2) is 42.5 Å². The summed E-state index contributed by atoms with van der Waals surface area (Å²) in [6, 6.07) is 13.4. The second-order valence-corrected chi connectivity index (χ2v) is 4.93. The van der Waals surface area contributed by atoms with Crippen molar-refractivity contribution in [3.63, 3.8) is 0 Å². The number of ether oxygens (including phenoxy) is 1. The summed E-state index contributed by atoms with van der Waals surface area (Å²) >= 11 is 0. The summed E-state index contributed by atoms with van der Waals surface area (Å²) in [5.41, 5.74) is 1.99. The lowest BCUT2D eigenvalue weighted by Gasteiger charge is -2.07. The van der Waals surface area contributed by atoms with E-state index in [1.165, 1.54) is 0 Å². The normalized spacial score (nSPS) is 11.1. The van der Waals surface area contributed by atoms with Crippen molar-refractivity contribution in [2.24, 2.45) is 0 Å². The number of fused-ring (bicyclic) bond motifs is 3. The molecule has 2 aromatic carbocycles. The molecule has 21 heavy (non-hydrogen) atoms. The zero-order chi connectivity index (χ0) is 14.8. The van der Waals surface area contributed by atoms with Gasteiger partial charge in [0.15, 0.2) is 0 Å². The van der Waals surface area contributed by atoms with Crippen molar-refractivity contribution in [3.8, 4) is 5.75 Å². The number of nitrogens with zero attached hydrogens (tertiary/aromatic N) is 1. The number of hydrogen-bond donors (Lipinski definition) is 1. The Bertz CT molecular complexity index is 804. The molecule has 0 saturated carbocycles. The number of para-hydroxylation sites is 1. The van der Waals surface area contributed by atoms with Gasteiger partial charge in [-0.2, -0.15) is 0 Å². The van der Waals surface area contributed by atoms with Crippen LogP contribution in [0.25, 0.3) is 21.8 Å². The van der Waals surface area contributed by atoms with Crippen LogP contribution in [0.3, 0.4) is 0 Å². The lowest BCUT2D eigenvalue weighted by molar-refractivity contribution is -0.143. The van der Waals surface area contributed by atoms with Gasteiger partial charge < -0.3 is 14.4 Å². The minimum Gasteiger partial charge on any atom is -0.508 e. The highest BCUT2D eigenvalue weighted by Crippen LogP contribution is 2.31. The maximum Gasteiger partial charge on any atom is 0.307 e. The van der Waals surface area contributed by atoms with E-state index in [4.69, 9.17) is 4.74 Å². The van der Waals surface area contributed by atoms with Crippen LogP contribution >= 0.6 is 0 Å². The summed E-state index contributed by atoms with van der Waals surface area (Å²) in [6.45, 7) is 2.73. The van der Waals surface area contributed by atoms with Gasteiger partial charge in [0.05, 0.1) is 18.5 Å². The predicted octanol–water partition coefficient (Wildman–Crippen LogP) is 3.45. The van der Waals surface area contributed by atoms with E-state index in [1.54, 1.807) is 19.1 Å². The summed E-state index contributed by atoms with van der Waals surface area (Å²) in [4.78, 5) is 11.6. The SMILES string of the molecule is CCOC(=O)CCn1c2ccccc2c2ccc(O)cc21. The summed E-state index contributed by atoms with van der Waals surface area (Å²) in [7, 11) is 0. The minimum atomic E-state index is -0.205. The van der Waals surface area contributed by atoms with Crippen LogP contribution in [0.4, 0.5) is 0 Å². The van der Waals surface area contributed by atoms with E-state index >= 15 is 0 Å². The zero-order valence-electron chi connectivity index (χ0n) is 11.9. The Balaban J connectivity index is 2.09. The molecule has 0 atom stereocenters. The number of esters is 1. The highest BCUT2D eigenvalue weighted by molar-refractivity contribution is 6.08. The second kappa shape index (κ2) is 5.48. The Kier molecular flexibility index (Phi) is 3.52. The topological polar surface area (TPSA) is 51.5 Å². The van der Waals surface area contributed by atoms with Gasteiger partial charge in [0, 0.05) is 28.9 Å². The summed E-state index contributed by atoms with van der Waals surface area (Å²) < 4.78 is 7.04. The molecule has 1 aromatic heterocycles. The van der Waals surface area contributed by atoms with Crippen LogP contribution in [-0.2, 0) is 16.1 Å². The molecule has 1 N–H and O–H groups in total. The summed E-state index contributed by atoms with van der Waals surface area (Å²) in [5.74, 6) is 0.0197. The van der Waals surface area contributed by atoms with E-state index in [1.807, 2.05) is 24.3 Å². The molecule has 3 aromatic rings. The molecule has 0 fully saturated rings. The van der Waals surface area contributed by atoms with Crippen LogP contribution < -0.4 is 0 Å². The van der Waals surface area contributed by atoms with Gasteiger partial charge in [-0.1, -0.05) is 18.2 Å². The van der Waals surface area contributed by atoms with E-state index < -0.39 is 0 Å². The predicted molar refractivity (Wildman–Crippen MR) is 82.4 cm³/mol. The van der Waals surface area contributed by atoms with E-state index in [9.17, 15) is 9.90 Å². The van der Waals surface area contributed by atoms with Gasteiger partial charge in [0.25, 0.3) is 0 Å². The number of phenols is 1. The zero-order valence-corrected chi connectivity index (χ0v) is 11.9. The van der Waals surface area contributed by atoms with Gasteiger partial charge in [-0.05, 0) is 25.1 Å². The molecule has 108 valence electrons. The first-order chi connectivity index (χ1) is 10.2. The van der Waals surface area contributed by atoms with Crippen LogP contribution in [0, 0.1) is 0 Å². The Morgan fingerprint density at radius 3 is 2.71 bits per heavy atom. The molecule has 0 amide bonds. The standard InChI is InChI=1S/C17H17NO3/c1-2-21-17(20)9-10-18-15-6-4-3-5-13(15)14-8-7-12(19)11-16(14)18/h3-8,11,19H,2,9-10H2,1H3. The van der Waals surface area contributed by atoms with Crippen molar-refractivity contribution < 1.29 is 14.6 Å². The number of rotatable bonds is 4. The molecule has 0 spiro atoms. The number of aryl methyl sites for hydroxylation is 1. The molecule has 0 aliphatic carbocycles. The number of aromatic hydroxyl groups is 1. The molecule has 4 nitrogen and oxygen atoms in total. The van der Waals surface area contributed by atoms with Gasteiger partial charge in [-0.15, -0.1) is 0 Å². The minimum absolute atomic E-state index is 0.205. The number of hydrogen-bond acceptors (Lipinski definition) is 3. The second-order valence-electron chi connectivity index (χ2n) is 4.93. The molecular weight excluding hydrogens is 266 g/mol. The van der Waals surface area contributed by atoms with Gasteiger partial charge in [0.2, 0.25) is 0 Å². The lowest BCUT2D eigenvalue weighted by Crippen LogP contribution is -2.08. The quantitative estimate of drug-likeness (QED) is 0.746. The van der Waals surface area contributed by atoms with Crippen LogP contribution in [0.5, 0.6) is 5.75 Å². The van der Waals surface area contributed by atoms with E-state index in [2.05, 4.69) is 10.6 Å². The Labute approximate surface area is 122 Å².